The Bertz CT molecular complexity index is 399. The van der Waals surface area contributed by atoms with Gasteiger partial charge < -0.3 is 0 Å². The molecule has 0 amide bonds. The molecule has 0 N–H and O–H groups in total. The van der Waals surface area contributed by atoms with Gasteiger partial charge in [0, 0.05) is 6.20 Å². The quantitative estimate of drug-likeness (QED) is 0.653. The van der Waals surface area contributed by atoms with E-state index in [9.17, 15) is 13.2 Å². The molecule has 0 radical (unpaired) electrons. The molecule has 1 aromatic heterocycles. The molecule has 1 aromatic rings. The summed E-state index contributed by atoms with van der Waals surface area (Å²) in [6, 6.07) is 1.06. The predicted octanol–water partition coefficient (Wildman–Crippen LogP) is 3.21. The van der Waals surface area contributed by atoms with Crippen LogP contribution in [-0.2, 0) is 6.18 Å². The number of hydrogen-bond donors (Lipinski definition) is 0. The minimum Gasteiger partial charge on any atom is -0.247 e. The van der Waals surface area contributed by atoms with Crippen molar-refractivity contribution >= 4 is 0 Å². The summed E-state index contributed by atoms with van der Waals surface area (Å²) in [5, 5.41) is 0. The fourth-order valence-corrected chi connectivity index (χ4v) is 1.13. The maximum absolute atomic E-state index is 12.5. The molecule has 0 spiro atoms. The van der Waals surface area contributed by atoms with E-state index in [-0.39, 0.29) is 11.6 Å². The Morgan fingerprint density at radius 1 is 1.40 bits per heavy atom. The highest BCUT2D eigenvalue weighted by molar-refractivity contribution is 5.38. The van der Waals surface area contributed by atoms with Crippen molar-refractivity contribution in [3.8, 4) is 12.3 Å². The van der Waals surface area contributed by atoms with Gasteiger partial charge in [-0.3, -0.25) is 0 Å². The lowest BCUT2D eigenvalue weighted by molar-refractivity contribution is -0.138. The van der Waals surface area contributed by atoms with Crippen molar-refractivity contribution in [1.82, 2.24) is 4.98 Å². The molecule has 1 nitrogen and oxygen atoms in total. The Hall–Kier alpha value is -1.50. The van der Waals surface area contributed by atoms with E-state index in [0.29, 0.717) is 5.56 Å². The second kappa shape index (κ2) is 3.93. The SMILES string of the molecule is C#Cc1ncc(C(C)C)cc1C(F)(F)F. The number of alkyl halides is 3. The summed E-state index contributed by atoms with van der Waals surface area (Å²) in [5.74, 6) is 1.93. The van der Waals surface area contributed by atoms with Crippen LogP contribution >= 0.6 is 0 Å². The predicted molar refractivity (Wildman–Crippen MR) is 51.3 cm³/mol. The normalized spacial score (nSPS) is 11.5. The molecule has 15 heavy (non-hydrogen) atoms. The molecule has 0 aliphatic rings. The fourth-order valence-electron chi connectivity index (χ4n) is 1.13. The first-order chi connectivity index (χ1) is 6.86. The Kier molecular flexibility index (Phi) is 3.04. The minimum absolute atomic E-state index is 0.00887. The molecular formula is C11H10F3N. The molecule has 0 bridgehead atoms. The lowest BCUT2D eigenvalue weighted by Gasteiger charge is -2.12. The molecule has 0 saturated carbocycles. The third-order valence-electron chi connectivity index (χ3n) is 2.02. The summed E-state index contributed by atoms with van der Waals surface area (Å²) < 4.78 is 37.6. The van der Waals surface area contributed by atoms with Crippen LogP contribution < -0.4 is 0 Å². The minimum atomic E-state index is -4.44. The van der Waals surface area contributed by atoms with Crippen molar-refractivity contribution in [1.29, 1.82) is 0 Å². The van der Waals surface area contributed by atoms with Gasteiger partial charge >= 0.3 is 6.18 Å². The van der Waals surface area contributed by atoms with E-state index in [1.54, 1.807) is 13.8 Å². The van der Waals surface area contributed by atoms with Gasteiger partial charge in [-0.1, -0.05) is 13.8 Å². The Balaban J connectivity index is 3.34. The summed E-state index contributed by atoms with van der Waals surface area (Å²) >= 11 is 0. The van der Waals surface area contributed by atoms with Crippen LogP contribution in [-0.4, -0.2) is 4.98 Å². The maximum Gasteiger partial charge on any atom is 0.419 e. The van der Waals surface area contributed by atoms with Crippen molar-refractivity contribution in [3.05, 3.63) is 29.1 Å². The van der Waals surface area contributed by atoms with Gasteiger partial charge in [0.2, 0.25) is 0 Å². The zero-order valence-electron chi connectivity index (χ0n) is 8.39. The smallest absolute Gasteiger partial charge is 0.247 e. The number of terminal acetylenes is 1. The van der Waals surface area contributed by atoms with Gasteiger partial charge in [-0.05, 0) is 23.5 Å². The maximum atomic E-state index is 12.5. The molecule has 1 rings (SSSR count). The molecule has 0 aliphatic heterocycles. The lowest BCUT2D eigenvalue weighted by atomic mass is 10.0. The standard InChI is InChI=1S/C11H10F3N/c1-4-10-9(11(12,13)14)5-8(6-15-10)7(2)3/h1,5-7H,2-3H3. The zero-order valence-corrected chi connectivity index (χ0v) is 8.39. The first-order valence-corrected chi connectivity index (χ1v) is 4.40. The van der Waals surface area contributed by atoms with E-state index in [2.05, 4.69) is 4.98 Å². The van der Waals surface area contributed by atoms with Crippen LogP contribution in [0.3, 0.4) is 0 Å². The van der Waals surface area contributed by atoms with Gasteiger partial charge in [-0.15, -0.1) is 6.42 Å². The Labute approximate surface area is 86.3 Å². The third-order valence-corrected chi connectivity index (χ3v) is 2.02. The highest BCUT2D eigenvalue weighted by Crippen LogP contribution is 2.32. The molecule has 0 unspecified atom stereocenters. The molecule has 80 valence electrons. The van der Waals surface area contributed by atoms with E-state index in [1.165, 1.54) is 6.20 Å². The van der Waals surface area contributed by atoms with Crippen LogP contribution in [0.15, 0.2) is 12.3 Å². The second-order valence-corrected chi connectivity index (χ2v) is 3.46. The molecule has 1 heterocycles. The van der Waals surface area contributed by atoms with Crippen molar-refractivity contribution in [2.24, 2.45) is 0 Å². The van der Waals surface area contributed by atoms with Crippen LogP contribution in [0.5, 0.6) is 0 Å². The Morgan fingerprint density at radius 3 is 2.40 bits per heavy atom. The molecule has 0 saturated heterocycles. The van der Waals surface area contributed by atoms with Crippen molar-refractivity contribution in [2.45, 2.75) is 25.9 Å². The number of nitrogens with zero attached hydrogens (tertiary/aromatic N) is 1. The third kappa shape index (κ3) is 2.50. The topological polar surface area (TPSA) is 12.9 Å². The number of pyridine rings is 1. The van der Waals surface area contributed by atoms with E-state index in [1.807, 2.05) is 5.92 Å². The van der Waals surface area contributed by atoms with Crippen molar-refractivity contribution < 1.29 is 13.2 Å². The number of aromatic nitrogens is 1. The summed E-state index contributed by atoms with van der Waals surface area (Å²) in [6.07, 6.45) is 1.90. The van der Waals surface area contributed by atoms with Gasteiger partial charge in [-0.2, -0.15) is 13.2 Å². The van der Waals surface area contributed by atoms with Crippen LogP contribution in [0.4, 0.5) is 13.2 Å². The summed E-state index contributed by atoms with van der Waals surface area (Å²) in [4.78, 5) is 3.63. The number of rotatable bonds is 1. The second-order valence-electron chi connectivity index (χ2n) is 3.46. The Morgan fingerprint density at radius 2 is 2.00 bits per heavy atom. The molecule has 4 heteroatoms. The van der Waals surface area contributed by atoms with Crippen LogP contribution in [0.1, 0.15) is 36.6 Å². The van der Waals surface area contributed by atoms with E-state index in [4.69, 9.17) is 6.42 Å². The van der Waals surface area contributed by atoms with Gasteiger partial charge in [0.05, 0.1) is 5.56 Å². The summed E-state index contributed by atoms with van der Waals surface area (Å²) in [6.45, 7) is 3.60. The average Bonchev–Trinajstić information content (AvgIpc) is 2.15. The van der Waals surface area contributed by atoms with E-state index < -0.39 is 11.7 Å². The van der Waals surface area contributed by atoms with Crippen LogP contribution in [0, 0.1) is 12.3 Å². The van der Waals surface area contributed by atoms with Crippen LogP contribution in [0.2, 0.25) is 0 Å². The lowest BCUT2D eigenvalue weighted by Crippen LogP contribution is -2.10. The van der Waals surface area contributed by atoms with Crippen LogP contribution in [0.25, 0.3) is 0 Å². The number of halogens is 3. The molecule has 0 fully saturated rings. The molecule has 0 aliphatic carbocycles. The molecule has 0 atom stereocenters. The van der Waals surface area contributed by atoms with Crippen molar-refractivity contribution in [2.75, 3.05) is 0 Å². The highest BCUT2D eigenvalue weighted by Gasteiger charge is 2.34. The monoisotopic (exact) mass is 213 g/mol. The zero-order chi connectivity index (χ0) is 11.6. The van der Waals surface area contributed by atoms with Gasteiger partial charge in [0.1, 0.15) is 5.69 Å². The van der Waals surface area contributed by atoms with E-state index in [0.717, 1.165) is 6.07 Å². The van der Waals surface area contributed by atoms with Gasteiger partial charge in [0.25, 0.3) is 0 Å². The summed E-state index contributed by atoms with van der Waals surface area (Å²) in [5.41, 5.74) is -0.663. The first kappa shape index (κ1) is 11.6. The molecular weight excluding hydrogens is 203 g/mol. The van der Waals surface area contributed by atoms with Gasteiger partial charge in [0.15, 0.2) is 0 Å². The largest absolute Gasteiger partial charge is 0.419 e. The summed E-state index contributed by atoms with van der Waals surface area (Å²) in [7, 11) is 0. The fraction of sp³-hybridized carbons (Fsp3) is 0.364. The van der Waals surface area contributed by atoms with Crippen molar-refractivity contribution in [3.63, 3.8) is 0 Å². The first-order valence-electron chi connectivity index (χ1n) is 4.40. The van der Waals surface area contributed by atoms with E-state index >= 15 is 0 Å². The average molecular weight is 213 g/mol. The van der Waals surface area contributed by atoms with Gasteiger partial charge in [-0.25, -0.2) is 4.98 Å². The number of hydrogen-bond acceptors (Lipinski definition) is 1. The highest BCUT2D eigenvalue weighted by atomic mass is 19.4. The molecule has 0 aromatic carbocycles.